The highest BCUT2D eigenvalue weighted by molar-refractivity contribution is 8.00. The number of likely N-dealkylation sites (tertiary alicyclic amines) is 1. The third-order valence-corrected chi connectivity index (χ3v) is 6.27. The number of H-pyrrole nitrogens is 1. The van der Waals surface area contributed by atoms with Gasteiger partial charge in [-0.3, -0.25) is 9.89 Å². The molecule has 0 saturated carbocycles. The maximum atomic E-state index is 12.8. The minimum absolute atomic E-state index is 0.150. The molecule has 3 heterocycles. The van der Waals surface area contributed by atoms with Crippen LogP contribution < -0.4 is 0 Å². The summed E-state index contributed by atoms with van der Waals surface area (Å²) >= 11 is 3.16. The highest BCUT2D eigenvalue weighted by atomic mass is 32.2. The Bertz CT molecular complexity index is 655. The van der Waals surface area contributed by atoms with Crippen molar-refractivity contribution in [3.63, 3.8) is 0 Å². The van der Waals surface area contributed by atoms with Crippen molar-refractivity contribution in [3.8, 4) is 0 Å². The fourth-order valence-corrected chi connectivity index (χ4v) is 4.67. The molecule has 7 heteroatoms. The Morgan fingerprint density at radius 3 is 3.17 bits per heavy atom. The van der Waals surface area contributed by atoms with E-state index in [9.17, 15) is 4.79 Å². The lowest BCUT2D eigenvalue weighted by Gasteiger charge is -2.36. The van der Waals surface area contributed by atoms with E-state index in [1.54, 1.807) is 11.3 Å². The number of carbonyl (C=O) groups is 1. The molecular weight excluding hydrogens is 340 g/mol. The number of piperidine rings is 1. The molecule has 1 N–H and O–H groups in total. The molecule has 2 atom stereocenters. The van der Waals surface area contributed by atoms with Crippen molar-refractivity contribution >= 4 is 29.0 Å². The van der Waals surface area contributed by atoms with E-state index in [1.165, 1.54) is 23.1 Å². The van der Waals surface area contributed by atoms with Gasteiger partial charge in [0.2, 0.25) is 11.1 Å². The SMILES string of the molecule is CCC1CCCCN1C(=O)C(C)Sc1n[nH]c(Cc2cccs2)n1. The molecule has 1 aliphatic rings. The van der Waals surface area contributed by atoms with E-state index in [1.807, 2.05) is 13.0 Å². The molecule has 1 amide bonds. The minimum atomic E-state index is -0.150. The summed E-state index contributed by atoms with van der Waals surface area (Å²) in [6, 6.07) is 4.53. The van der Waals surface area contributed by atoms with Crippen LogP contribution >= 0.6 is 23.1 Å². The molecule has 0 spiro atoms. The molecule has 0 aliphatic carbocycles. The van der Waals surface area contributed by atoms with Crippen molar-refractivity contribution in [1.29, 1.82) is 0 Å². The minimum Gasteiger partial charge on any atom is -0.339 e. The molecule has 130 valence electrons. The summed E-state index contributed by atoms with van der Waals surface area (Å²) in [5.74, 6) is 1.07. The lowest BCUT2D eigenvalue weighted by atomic mass is 10.00. The van der Waals surface area contributed by atoms with E-state index in [0.717, 1.165) is 38.1 Å². The maximum Gasteiger partial charge on any atom is 0.236 e. The van der Waals surface area contributed by atoms with Gasteiger partial charge in [-0.25, -0.2) is 4.98 Å². The van der Waals surface area contributed by atoms with Crippen LogP contribution in [-0.4, -0.2) is 43.8 Å². The summed E-state index contributed by atoms with van der Waals surface area (Å²) in [6.07, 6.45) is 5.28. The molecule has 5 nitrogen and oxygen atoms in total. The topological polar surface area (TPSA) is 61.9 Å². The van der Waals surface area contributed by atoms with Crippen molar-refractivity contribution in [1.82, 2.24) is 20.1 Å². The van der Waals surface area contributed by atoms with Gasteiger partial charge in [-0.15, -0.1) is 16.4 Å². The first-order valence-corrected chi connectivity index (χ1v) is 10.3. The highest BCUT2D eigenvalue weighted by Crippen LogP contribution is 2.26. The second-order valence-electron chi connectivity index (χ2n) is 6.17. The van der Waals surface area contributed by atoms with Crippen molar-refractivity contribution in [2.45, 2.75) is 62.4 Å². The van der Waals surface area contributed by atoms with Crippen molar-refractivity contribution < 1.29 is 4.79 Å². The number of aromatic nitrogens is 3. The standard InChI is InChI=1S/C17H24N4OS2/c1-3-13-7-4-5-9-21(13)16(22)12(2)24-17-18-15(19-20-17)11-14-8-6-10-23-14/h6,8,10,12-13H,3-5,7,9,11H2,1-2H3,(H,18,19,20). The zero-order chi connectivity index (χ0) is 16.9. The molecular formula is C17H24N4OS2. The Hall–Kier alpha value is -1.34. The molecule has 2 aromatic rings. The Kier molecular flexibility index (Phi) is 5.94. The van der Waals surface area contributed by atoms with Crippen molar-refractivity contribution in [2.24, 2.45) is 0 Å². The second-order valence-corrected chi connectivity index (χ2v) is 8.51. The predicted molar refractivity (Wildman–Crippen MR) is 98.5 cm³/mol. The summed E-state index contributed by atoms with van der Waals surface area (Å²) in [5, 5.41) is 9.82. The molecule has 24 heavy (non-hydrogen) atoms. The molecule has 0 radical (unpaired) electrons. The molecule has 2 aromatic heterocycles. The fraction of sp³-hybridized carbons (Fsp3) is 0.588. The molecule has 1 saturated heterocycles. The first-order valence-electron chi connectivity index (χ1n) is 8.58. The van der Waals surface area contributed by atoms with Crippen LogP contribution in [0.4, 0.5) is 0 Å². The normalized spacial score (nSPS) is 19.4. The van der Waals surface area contributed by atoms with Gasteiger partial charge in [0.05, 0.1) is 5.25 Å². The van der Waals surface area contributed by atoms with E-state index in [0.29, 0.717) is 11.2 Å². The first kappa shape index (κ1) is 17.5. The number of thioether (sulfide) groups is 1. The average Bonchev–Trinajstić information content (AvgIpc) is 3.26. The Morgan fingerprint density at radius 2 is 2.42 bits per heavy atom. The fourth-order valence-electron chi connectivity index (χ4n) is 3.14. The summed E-state index contributed by atoms with van der Waals surface area (Å²) in [5.41, 5.74) is 0. The predicted octanol–water partition coefficient (Wildman–Crippen LogP) is 3.73. The maximum absolute atomic E-state index is 12.8. The number of thiophene rings is 1. The number of hydrogen-bond donors (Lipinski definition) is 1. The number of rotatable bonds is 6. The highest BCUT2D eigenvalue weighted by Gasteiger charge is 2.29. The summed E-state index contributed by atoms with van der Waals surface area (Å²) in [4.78, 5) is 20.6. The quantitative estimate of drug-likeness (QED) is 0.794. The number of nitrogens with zero attached hydrogens (tertiary/aromatic N) is 3. The van der Waals surface area contributed by atoms with Crippen LogP contribution in [0.3, 0.4) is 0 Å². The van der Waals surface area contributed by atoms with Gasteiger partial charge < -0.3 is 4.90 Å². The summed E-state index contributed by atoms with van der Waals surface area (Å²) in [7, 11) is 0. The zero-order valence-electron chi connectivity index (χ0n) is 14.2. The second kappa shape index (κ2) is 8.16. The first-order chi connectivity index (χ1) is 11.7. The van der Waals surface area contributed by atoms with Crippen LogP contribution in [0.5, 0.6) is 0 Å². The summed E-state index contributed by atoms with van der Waals surface area (Å²) in [6.45, 7) is 5.02. The molecule has 0 aromatic carbocycles. The van der Waals surface area contributed by atoms with Gasteiger partial charge in [0.25, 0.3) is 0 Å². The lowest BCUT2D eigenvalue weighted by Crippen LogP contribution is -2.46. The smallest absolute Gasteiger partial charge is 0.236 e. The Balaban J connectivity index is 1.58. The molecule has 1 aliphatic heterocycles. The number of aromatic amines is 1. The zero-order valence-corrected chi connectivity index (χ0v) is 15.8. The van der Waals surface area contributed by atoms with Gasteiger partial charge in [0, 0.05) is 23.9 Å². The van der Waals surface area contributed by atoms with Gasteiger partial charge in [0.15, 0.2) is 0 Å². The number of nitrogens with one attached hydrogen (secondary N) is 1. The van der Waals surface area contributed by atoms with Crippen LogP contribution in [0.25, 0.3) is 0 Å². The van der Waals surface area contributed by atoms with E-state index in [2.05, 4.69) is 38.5 Å². The van der Waals surface area contributed by atoms with Crippen LogP contribution in [0.2, 0.25) is 0 Å². The van der Waals surface area contributed by atoms with Crippen LogP contribution in [0, 0.1) is 0 Å². The van der Waals surface area contributed by atoms with Crippen molar-refractivity contribution in [2.75, 3.05) is 6.54 Å². The van der Waals surface area contributed by atoms with Crippen molar-refractivity contribution in [3.05, 3.63) is 28.2 Å². The van der Waals surface area contributed by atoms with Gasteiger partial charge in [-0.05, 0) is 44.1 Å². The summed E-state index contributed by atoms with van der Waals surface area (Å²) < 4.78 is 0. The largest absolute Gasteiger partial charge is 0.339 e. The van der Waals surface area contributed by atoms with Gasteiger partial charge in [0.1, 0.15) is 5.82 Å². The van der Waals surface area contributed by atoms with E-state index in [4.69, 9.17) is 0 Å². The monoisotopic (exact) mass is 364 g/mol. The average molecular weight is 365 g/mol. The third kappa shape index (κ3) is 4.19. The van der Waals surface area contributed by atoms with Crippen LogP contribution in [0.1, 0.15) is 50.2 Å². The van der Waals surface area contributed by atoms with Crippen LogP contribution in [0.15, 0.2) is 22.7 Å². The van der Waals surface area contributed by atoms with E-state index in [-0.39, 0.29) is 11.2 Å². The van der Waals surface area contributed by atoms with Gasteiger partial charge >= 0.3 is 0 Å². The number of carbonyl (C=O) groups excluding carboxylic acids is 1. The van der Waals surface area contributed by atoms with Gasteiger partial charge in [-0.1, -0.05) is 24.8 Å². The van der Waals surface area contributed by atoms with E-state index >= 15 is 0 Å². The number of hydrogen-bond acceptors (Lipinski definition) is 5. The Morgan fingerprint density at radius 1 is 1.54 bits per heavy atom. The number of amides is 1. The van der Waals surface area contributed by atoms with Crippen LogP contribution in [-0.2, 0) is 11.2 Å². The molecule has 0 bridgehead atoms. The van der Waals surface area contributed by atoms with E-state index < -0.39 is 0 Å². The molecule has 3 rings (SSSR count). The molecule has 2 unspecified atom stereocenters. The molecule has 1 fully saturated rings. The lowest BCUT2D eigenvalue weighted by molar-refractivity contribution is -0.134. The third-order valence-electron chi connectivity index (χ3n) is 4.44. The van der Waals surface area contributed by atoms with Gasteiger partial charge in [-0.2, -0.15) is 0 Å². The Labute approximate surface area is 151 Å².